The van der Waals surface area contributed by atoms with Crippen LogP contribution in [0.15, 0.2) is 64.4 Å². The summed E-state index contributed by atoms with van der Waals surface area (Å²) in [5.41, 5.74) is 0. The van der Waals surface area contributed by atoms with E-state index in [1.165, 1.54) is 22.7 Å². The number of nitrogens with one attached hydrogen (secondary N) is 1. The Labute approximate surface area is 200 Å². The van der Waals surface area contributed by atoms with E-state index >= 15 is 0 Å². The van der Waals surface area contributed by atoms with Crippen molar-refractivity contribution in [2.24, 2.45) is 5.92 Å². The van der Waals surface area contributed by atoms with Crippen LogP contribution in [-0.2, 0) is 9.59 Å². The number of aliphatic carboxylic acids is 2. The molecule has 0 bridgehead atoms. The van der Waals surface area contributed by atoms with E-state index in [0.29, 0.717) is 35.6 Å². The molecule has 0 saturated carbocycles. The summed E-state index contributed by atoms with van der Waals surface area (Å²) in [7, 11) is 0. The number of hydrogen-bond acceptors (Lipinski definition) is 7. The van der Waals surface area contributed by atoms with E-state index in [1.54, 1.807) is 12.1 Å². The van der Waals surface area contributed by atoms with E-state index in [4.69, 9.17) is 14.9 Å². The van der Waals surface area contributed by atoms with Crippen LogP contribution in [0, 0.1) is 11.7 Å². The molecule has 2 atom stereocenters. The van der Waals surface area contributed by atoms with Gasteiger partial charge in [-0.05, 0) is 36.7 Å². The number of phenols is 1. The Balaban J connectivity index is 0.000000414. The van der Waals surface area contributed by atoms with Crippen LogP contribution in [0.2, 0.25) is 0 Å². The molecular formula is C23H26FNO6S2. The summed E-state index contributed by atoms with van der Waals surface area (Å²) in [6.45, 7) is 3.67. The number of rotatable bonds is 8. The number of fused-ring (bicyclic) bond motifs is 1. The van der Waals surface area contributed by atoms with Crippen LogP contribution < -0.4 is 10.1 Å². The Kier molecular flexibility index (Phi) is 11.1. The molecule has 7 nitrogen and oxygen atoms in total. The highest BCUT2D eigenvalue weighted by Gasteiger charge is 2.18. The smallest absolute Gasteiger partial charge is 0.328 e. The molecule has 0 aromatic heterocycles. The number of benzene rings is 2. The maximum absolute atomic E-state index is 13.4. The minimum atomic E-state index is -1.26. The van der Waals surface area contributed by atoms with Gasteiger partial charge in [0, 0.05) is 28.6 Å². The molecule has 10 heteroatoms. The van der Waals surface area contributed by atoms with Gasteiger partial charge in [0.05, 0.1) is 10.9 Å². The summed E-state index contributed by atoms with van der Waals surface area (Å²) in [5, 5.41) is 28.9. The monoisotopic (exact) mass is 495 g/mol. The topological polar surface area (TPSA) is 116 Å². The number of hydrogen-bond donors (Lipinski definition) is 4. The maximum atomic E-state index is 13.4. The Bertz CT molecular complexity index is 929. The molecule has 4 N–H and O–H groups in total. The van der Waals surface area contributed by atoms with Gasteiger partial charge in [0.2, 0.25) is 0 Å². The lowest BCUT2D eigenvalue weighted by molar-refractivity contribution is -0.134. The second-order valence-electron chi connectivity index (χ2n) is 7.19. The van der Waals surface area contributed by atoms with Crippen LogP contribution >= 0.6 is 23.5 Å². The zero-order valence-corrected chi connectivity index (χ0v) is 19.6. The minimum Gasteiger partial charge on any atom is -0.504 e. The highest BCUT2D eigenvalue weighted by molar-refractivity contribution is 7.99. The fourth-order valence-corrected chi connectivity index (χ4v) is 4.68. The first-order valence-electron chi connectivity index (χ1n) is 10.1. The van der Waals surface area contributed by atoms with E-state index in [2.05, 4.69) is 18.3 Å². The number of carbonyl (C=O) groups is 2. The lowest BCUT2D eigenvalue weighted by Crippen LogP contribution is -2.39. The van der Waals surface area contributed by atoms with Gasteiger partial charge in [0.25, 0.3) is 0 Å². The summed E-state index contributed by atoms with van der Waals surface area (Å²) < 4.78 is 19.2. The maximum Gasteiger partial charge on any atom is 0.328 e. The Morgan fingerprint density at radius 2 is 1.91 bits per heavy atom. The number of halogens is 1. The molecule has 1 aliphatic rings. The highest BCUT2D eigenvalue weighted by atomic mass is 32.2. The number of ether oxygens (including phenoxy) is 1. The Hall–Kier alpha value is -2.69. The molecular weight excluding hydrogens is 469 g/mol. The largest absolute Gasteiger partial charge is 0.504 e. The molecule has 3 rings (SSSR count). The highest BCUT2D eigenvalue weighted by Crippen LogP contribution is 2.33. The molecule has 178 valence electrons. The molecule has 1 aliphatic heterocycles. The summed E-state index contributed by atoms with van der Waals surface area (Å²) in [5.74, 6) is -0.195. The van der Waals surface area contributed by atoms with Crippen molar-refractivity contribution < 1.29 is 34.0 Å². The third-order valence-electron chi connectivity index (χ3n) is 4.33. The van der Waals surface area contributed by atoms with Gasteiger partial charge in [-0.25, -0.2) is 14.0 Å². The number of carboxylic acids is 2. The zero-order valence-electron chi connectivity index (χ0n) is 17.9. The first kappa shape index (κ1) is 26.6. The summed E-state index contributed by atoms with van der Waals surface area (Å²) >= 11 is 3.30. The summed E-state index contributed by atoms with van der Waals surface area (Å²) in [4.78, 5) is 20.9. The molecule has 2 aromatic rings. The van der Waals surface area contributed by atoms with Gasteiger partial charge in [-0.1, -0.05) is 25.1 Å². The fraction of sp³-hybridized carbons (Fsp3) is 0.304. The van der Waals surface area contributed by atoms with Crippen LogP contribution in [0.5, 0.6) is 11.5 Å². The van der Waals surface area contributed by atoms with E-state index in [-0.39, 0.29) is 5.75 Å². The third kappa shape index (κ3) is 9.77. The lowest BCUT2D eigenvalue weighted by atomic mass is 10.2. The van der Waals surface area contributed by atoms with Crippen LogP contribution in [0.4, 0.5) is 4.39 Å². The SMILES string of the molecule is C[C@@H](CN[C@@H]1COc2ccccc2SC1)CSc1cccc(F)c1O.O=C(O)/C=C\C(=O)O. The van der Waals surface area contributed by atoms with E-state index in [1.807, 2.05) is 30.0 Å². The Morgan fingerprint density at radius 3 is 2.61 bits per heavy atom. The van der Waals surface area contributed by atoms with Crippen molar-refractivity contribution in [1.29, 1.82) is 0 Å². The molecule has 33 heavy (non-hydrogen) atoms. The molecule has 1 heterocycles. The second kappa shape index (κ2) is 13.8. The number of para-hydroxylation sites is 2. The zero-order chi connectivity index (χ0) is 24.2. The first-order chi connectivity index (χ1) is 15.8. The van der Waals surface area contributed by atoms with Crippen molar-refractivity contribution in [2.75, 3.05) is 24.7 Å². The van der Waals surface area contributed by atoms with Crippen molar-refractivity contribution >= 4 is 35.5 Å². The van der Waals surface area contributed by atoms with Gasteiger partial charge in [0.1, 0.15) is 12.4 Å². The van der Waals surface area contributed by atoms with Gasteiger partial charge in [-0.15, -0.1) is 23.5 Å². The van der Waals surface area contributed by atoms with Crippen molar-refractivity contribution in [3.05, 3.63) is 60.4 Å². The number of carboxylic acid groups (broad SMARTS) is 2. The van der Waals surface area contributed by atoms with Crippen LogP contribution in [-0.4, -0.2) is 58.0 Å². The van der Waals surface area contributed by atoms with Crippen LogP contribution in [0.1, 0.15) is 6.92 Å². The van der Waals surface area contributed by atoms with Gasteiger partial charge < -0.3 is 25.4 Å². The number of phenolic OH excluding ortho intramolecular Hbond substituents is 1. The number of thioether (sulfide) groups is 2. The predicted octanol–water partition coefficient (Wildman–Crippen LogP) is 4.11. The normalized spacial score (nSPS) is 16.0. The molecule has 0 aliphatic carbocycles. The van der Waals surface area contributed by atoms with Crippen molar-refractivity contribution in [2.45, 2.75) is 22.8 Å². The van der Waals surface area contributed by atoms with Gasteiger partial charge in [-0.3, -0.25) is 0 Å². The molecule has 2 aromatic carbocycles. The second-order valence-corrected chi connectivity index (χ2v) is 9.31. The Morgan fingerprint density at radius 1 is 1.21 bits per heavy atom. The van der Waals surface area contributed by atoms with E-state index < -0.39 is 17.8 Å². The average molecular weight is 496 g/mol. The average Bonchev–Trinajstić information content (AvgIpc) is 3.00. The van der Waals surface area contributed by atoms with Crippen LogP contribution in [0.3, 0.4) is 0 Å². The third-order valence-corrected chi connectivity index (χ3v) is 6.92. The molecule has 0 amide bonds. The fourth-order valence-electron chi connectivity index (χ4n) is 2.65. The van der Waals surface area contributed by atoms with Crippen LogP contribution in [0.25, 0.3) is 0 Å². The van der Waals surface area contributed by atoms with Crippen molar-refractivity contribution in [3.63, 3.8) is 0 Å². The van der Waals surface area contributed by atoms with Crippen molar-refractivity contribution in [3.8, 4) is 11.5 Å². The molecule has 0 radical (unpaired) electrons. The number of aromatic hydroxyl groups is 1. The minimum absolute atomic E-state index is 0.251. The van der Waals surface area contributed by atoms with Gasteiger partial charge in [0.15, 0.2) is 11.6 Å². The standard InChI is InChI=1S/C19H22FNO2S2.C4H4O4/c1-13(11-24-18-8-4-5-15(20)19(18)22)9-21-14-10-23-16-6-2-3-7-17(16)25-12-14;5-3(6)1-2-4(7)8/h2-8,13-14,21-22H,9-12H2,1H3;1-2H,(H,5,6)(H,7,8)/b;2-1-/t13-,14+;/m0./s1. The molecule has 0 spiro atoms. The van der Waals surface area contributed by atoms with Crippen molar-refractivity contribution in [1.82, 2.24) is 5.32 Å². The lowest BCUT2D eigenvalue weighted by Gasteiger charge is -2.19. The van der Waals surface area contributed by atoms with E-state index in [0.717, 1.165) is 23.8 Å². The predicted molar refractivity (Wildman–Crippen MR) is 127 cm³/mol. The van der Waals surface area contributed by atoms with Gasteiger partial charge in [-0.2, -0.15) is 0 Å². The van der Waals surface area contributed by atoms with E-state index in [9.17, 15) is 19.1 Å². The first-order valence-corrected chi connectivity index (χ1v) is 12.1. The quantitative estimate of drug-likeness (QED) is 0.317. The van der Waals surface area contributed by atoms with Gasteiger partial charge >= 0.3 is 11.9 Å². The molecule has 0 unspecified atom stereocenters. The molecule has 0 saturated heterocycles. The summed E-state index contributed by atoms with van der Waals surface area (Å²) in [6.07, 6.45) is 1.12. The summed E-state index contributed by atoms with van der Waals surface area (Å²) in [6, 6.07) is 13.1. The molecule has 0 fully saturated rings.